The van der Waals surface area contributed by atoms with E-state index in [0.717, 1.165) is 24.0 Å². The smallest absolute Gasteiger partial charge is 0.133 e. The van der Waals surface area contributed by atoms with E-state index in [4.69, 9.17) is 23.2 Å². The lowest BCUT2D eigenvalue weighted by molar-refractivity contribution is 0.459. The van der Waals surface area contributed by atoms with E-state index in [1.807, 2.05) is 0 Å². The average molecular weight is 469 g/mol. The second kappa shape index (κ2) is 7.91. The molecule has 2 N–H and O–H groups in total. The molecule has 0 aliphatic rings. The topological polar surface area (TPSA) is 40.5 Å². The fraction of sp³-hybridized carbons (Fsp3) is 0.250. The minimum atomic E-state index is 0.234. The van der Waals surface area contributed by atoms with Gasteiger partial charge in [0.15, 0.2) is 0 Å². The summed E-state index contributed by atoms with van der Waals surface area (Å²) in [5.74, 6) is 0.468. The number of phenolic OH excluding ortho intramolecular Hbond substituents is 2. The first kappa shape index (κ1) is 17.9. The molecule has 22 heavy (non-hydrogen) atoms. The van der Waals surface area contributed by atoms with Crippen molar-refractivity contribution in [3.63, 3.8) is 0 Å². The van der Waals surface area contributed by atoms with Gasteiger partial charge < -0.3 is 10.2 Å². The van der Waals surface area contributed by atoms with Crippen molar-refractivity contribution < 1.29 is 10.2 Å². The molecule has 0 heterocycles. The molecule has 0 spiro atoms. The molecule has 6 heteroatoms. The zero-order chi connectivity index (χ0) is 16.3. The first-order valence-corrected chi connectivity index (χ1v) is 9.06. The van der Waals surface area contributed by atoms with Crippen LogP contribution >= 0.6 is 55.1 Å². The number of unbranched alkanes of at least 4 members (excludes halogenated alkanes) is 1. The SMILES string of the molecule is Oc1c(Br)cc(Cl)cc1CCCCc1cc(Cl)cc(Br)c1O. The fourth-order valence-corrected chi connectivity index (χ4v) is 4.00. The van der Waals surface area contributed by atoms with E-state index in [0.29, 0.717) is 31.8 Å². The molecule has 0 saturated carbocycles. The Morgan fingerprint density at radius 2 is 1.09 bits per heavy atom. The maximum Gasteiger partial charge on any atom is 0.133 e. The van der Waals surface area contributed by atoms with Gasteiger partial charge in [-0.15, -0.1) is 0 Å². The lowest BCUT2D eigenvalue weighted by Gasteiger charge is -2.09. The van der Waals surface area contributed by atoms with Crippen molar-refractivity contribution in [2.24, 2.45) is 0 Å². The molecular weight excluding hydrogens is 455 g/mol. The molecule has 0 unspecified atom stereocenters. The molecule has 2 aromatic rings. The van der Waals surface area contributed by atoms with Crippen LogP contribution in [0.5, 0.6) is 11.5 Å². The summed E-state index contributed by atoms with van der Waals surface area (Å²) < 4.78 is 1.21. The van der Waals surface area contributed by atoms with E-state index in [1.54, 1.807) is 24.3 Å². The molecule has 0 aliphatic carbocycles. The van der Waals surface area contributed by atoms with Crippen LogP contribution in [0, 0.1) is 0 Å². The summed E-state index contributed by atoms with van der Waals surface area (Å²) in [5, 5.41) is 21.2. The highest BCUT2D eigenvalue weighted by Gasteiger charge is 2.09. The standard InChI is InChI=1S/C16H14Br2Cl2O2/c17-13-7-11(19)5-9(15(13)21)3-1-2-4-10-6-12(20)8-14(18)16(10)22/h5-8,21-22H,1-4H2. The van der Waals surface area contributed by atoms with Gasteiger partial charge in [-0.05, 0) is 92.9 Å². The van der Waals surface area contributed by atoms with E-state index in [2.05, 4.69) is 31.9 Å². The van der Waals surface area contributed by atoms with Crippen LogP contribution in [-0.4, -0.2) is 10.2 Å². The van der Waals surface area contributed by atoms with Gasteiger partial charge in [-0.3, -0.25) is 0 Å². The summed E-state index contributed by atoms with van der Waals surface area (Å²) in [6.07, 6.45) is 3.16. The molecule has 0 bridgehead atoms. The maximum absolute atomic E-state index is 9.99. The normalized spacial score (nSPS) is 10.9. The van der Waals surface area contributed by atoms with E-state index >= 15 is 0 Å². The van der Waals surface area contributed by atoms with Gasteiger partial charge in [0, 0.05) is 10.0 Å². The Hall–Kier alpha value is -0.420. The Bertz CT molecular complexity index is 631. The van der Waals surface area contributed by atoms with Gasteiger partial charge in [-0.25, -0.2) is 0 Å². The lowest BCUT2D eigenvalue weighted by atomic mass is 10.0. The molecule has 2 rings (SSSR count). The largest absolute Gasteiger partial charge is 0.506 e. The zero-order valence-corrected chi connectivity index (χ0v) is 16.2. The van der Waals surface area contributed by atoms with Crippen molar-refractivity contribution in [2.75, 3.05) is 0 Å². The number of aryl methyl sites for hydroxylation is 2. The highest BCUT2D eigenvalue weighted by molar-refractivity contribution is 9.10. The summed E-state index contributed by atoms with van der Waals surface area (Å²) in [5.41, 5.74) is 1.63. The second-order valence-corrected chi connectivity index (χ2v) is 7.58. The van der Waals surface area contributed by atoms with Crippen molar-refractivity contribution >= 4 is 55.1 Å². The van der Waals surface area contributed by atoms with Gasteiger partial charge in [0.1, 0.15) is 11.5 Å². The van der Waals surface area contributed by atoms with E-state index < -0.39 is 0 Å². The predicted molar refractivity (Wildman–Crippen MR) is 98.3 cm³/mol. The number of halogens is 4. The molecule has 2 aromatic carbocycles. The van der Waals surface area contributed by atoms with Crippen molar-refractivity contribution in [3.05, 3.63) is 54.4 Å². The van der Waals surface area contributed by atoms with Crippen LogP contribution in [0.2, 0.25) is 10.0 Å². The van der Waals surface area contributed by atoms with Crippen LogP contribution in [0.15, 0.2) is 33.2 Å². The van der Waals surface area contributed by atoms with Crippen molar-refractivity contribution in [3.8, 4) is 11.5 Å². The highest BCUT2D eigenvalue weighted by Crippen LogP contribution is 2.34. The quantitative estimate of drug-likeness (QED) is 0.492. The highest BCUT2D eigenvalue weighted by atomic mass is 79.9. The van der Waals surface area contributed by atoms with Crippen molar-refractivity contribution in [1.29, 1.82) is 0 Å². The van der Waals surface area contributed by atoms with Crippen LogP contribution < -0.4 is 0 Å². The minimum absolute atomic E-state index is 0.234. The maximum atomic E-state index is 9.99. The molecule has 0 atom stereocenters. The predicted octanol–water partition coefficient (Wildman–Crippen LogP) is 6.50. The van der Waals surface area contributed by atoms with Gasteiger partial charge in [0.05, 0.1) is 8.95 Å². The summed E-state index contributed by atoms with van der Waals surface area (Å²) in [4.78, 5) is 0. The molecule has 0 aliphatic heterocycles. The molecule has 0 saturated heterocycles. The first-order chi connectivity index (χ1) is 10.4. The Balaban J connectivity index is 1.96. The van der Waals surface area contributed by atoms with E-state index in [1.165, 1.54) is 0 Å². The molecule has 118 valence electrons. The second-order valence-electron chi connectivity index (χ2n) is 5.00. The summed E-state index contributed by atoms with van der Waals surface area (Å²) in [6.45, 7) is 0. The van der Waals surface area contributed by atoms with Crippen LogP contribution in [0.25, 0.3) is 0 Å². The van der Waals surface area contributed by atoms with Crippen LogP contribution in [0.3, 0.4) is 0 Å². The number of hydrogen-bond donors (Lipinski definition) is 2. The number of aromatic hydroxyl groups is 2. The summed E-state index contributed by atoms with van der Waals surface area (Å²) in [6, 6.07) is 6.88. The van der Waals surface area contributed by atoms with Gasteiger partial charge in [-0.1, -0.05) is 23.2 Å². The Labute approximate surface area is 156 Å². The third-order valence-corrected chi connectivity index (χ3v) is 5.00. The third-order valence-electron chi connectivity index (χ3n) is 3.36. The lowest BCUT2D eigenvalue weighted by Crippen LogP contribution is -1.92. The van der Waals surface area contributed by atoms with Crippen LogP contribution in [0.4, 0.5) is 0 Å². The number of phenols is 2. The molecule has 0 aromatic heterocycles. The average Bonchev–Trinajstić information content (AvgIpc) is 2.44. The molecule has 0 radical (unpaired) electrons. The minimum Gasteiger partial charge on any atom is -0.506 e. The summed E-state index contributed by atoms with van der Waals surface area (Å²) >= 11 is 18.5. The molecular formula is C16H14Br2Cl2O2. The van der Waals surface area contributed by atoms with Crippen LogP contribution in [0.1, 0.15) is 24.0 Å². The monoisotopic (exact) mass is 466 g/mol. The van der Waals surface area contributed by atoms with Crippen molar-refractivity contribution in [2.45, 2.75) is 25.7 Å². The molecule has 0 amide bonds. The van der Waals surface area contributed by atoms with Crippen molar-refractivity contribution in [1.82, 2.24) is 0 Å². The number of hydrogen-bond acceptors (Lipinski definition) is 2. The zero-order valence-electron chi connectivity index (χ0n) is 11.5. The molecule has 2 nitrogen and oxygen atoms in total. The van der Waals surface area contributed by atoms with Gasteiger partial charge >= 0.3 is 0 Å². The Morgan fingerprint density at radius 3 is 1.45 bits per heavy atom. The Kier molecular flexibility index (Phi) is 6.45. The number of rotatable bonds is 5. The van der Waals surface area contributed by atoms with Gasteiger partial charge in [0.2, 0.25) is 0 Å². The molecule has 0 fully saturated rings. The Morgan fingerprint density at radius 1 is 0.727 bits per heavy atom. The van der Waals surface area contributed by atoms with E-state index in [-0.39, 0.29) is 11.5 Å². The third kappa shape index (κ3) is 4.54. The van der Waals surface area contributed by atoms with Gasteiger partial charge in [-0.2, -0.15) is 0 Å². The fourth-order valence-electron chi connectivity index (χ4n) is 2.25. The number of benzene rings is 2. The van der Waals surface area contributed by atoms with E-state index in [9.17, 15) is 10.2 Å². The van der Waals surface area contributed by atoms with Gasteiger partial charge in [0.25, 0.3) is 0 Å². The van der Waals surface area contributed by atoms with Crippen LogP contribution in [-0.2, 0) is 12.8 Å². The first-order valence-electron chi connectivity index (χ1n) is 6.72. The summed E-state index contributed by atoms with van der Waals surface area (Å²) in [7, 11) is 0.